The van der Waals surface area contributed by atoms with Crippen molar-refractivity contribution >= 4 is 45.9 Å². The van der Waals surface area contributed by atoms with E-state index in [9.17, 15) is 27.2 Å². The molecule has 0 bridgehead atoms. The van der Waals surface area contributed by atoms with Gasteiger partial charge in [0, 0.05) is 0 Å². The Hall–Kier alpha value is -4.15. The first-order valence-electron chi connectivity index (χ1n) is 11.8. The maximum Gasteiger partial charge on any atom is 0.416 e. The molecule has 1 unspecified atom stereocenters. The summed E-state index contributed by atoms with van der Waals surface area (Å²) in [4.78, 5) is 31.8. The minimum atomic E-state index is -4.64. The maximum absolute atomic E-state index is 13.7. The lowest BCUT2D eigenvalue weighted by Crippen LogP contribution is -2.24. The normalized spacial score (nSPS) is 12.3. The summed E-state index contributed by atoms with van der Waals surface area (Å²) in [7, 11) is 0. The molecule has 0 fully saturated rings. The van der Waals surface area contributed by atoms with Gasteiger partial charge in [-0.15, -0.1) is 0 Å². The number of para-hydroxylation sites is 1. The molecule has 0 aliphatic carbocycles. The van der Waals surface area contributed by atoms with Crippen molar-refractivity contribution in [2.45, 2.75) is 16.6 Å². The van der Waals surface area contributed by atoms with Crippen LogP contribution in [0.15, 0.2) is 107 Å². The van der Waals surface area contributed by atoms with Gasteiger partial charge in [0.1, 0.15) is 11.1 Å². The highest BCUT2D eigenvalue weighted by Gasteiger charge is 2.32. The third-order valence-corrected chi connectivity index (χ3v) is 7.48. The van der Waals surface area contributed by atoms with Crippen LogP contribution in [0.2, 0.25) is 5.02 Å². The summed E-state index contributed by atoms with van der Waals surface area (Å²) in [6.07, 6.45) is -4.64. The summed E-state index contributed by atoms with van der Waals surface area (Å²) in [6.45, 7) is 0. The molecular weight excluding hydrogens is 566 g/mol. The lowest BCUT2D eigenvalue weighted by molar-refractivity contribution is -0.137. The molecule has 0 saturated carbocycles. The van der Waals surface area contributed by atoms with Gasteiger partial charge >= 0.3 is 6.18 Å². The predicted molar refractivity (Wildman–Crippen MR) is 147 cm³/mol. The molecule has 11 heteroatoms. The van der Waals surface area contributed by atoms with Crippen molar-refractivity contribution in [3.8, 4) is 5.69 Å². The van der Waals surface area contributed by atoms with Crippen molar-refractivity contribution in [2.24, 2.45) is 0 Å². The molecule has 1 atom stereocenters. The summed E-state index contributed by atoms with van der Waals surface area (Å²) in [5.74, 6) is -1.19. The van der Waals surface area contributed by atoms with E-state index in [2.05, 4.69) is 10.3 Å². The summed E-state index contributed by atoms with van der Waals surface area (Å²) < 4.78 is 54.9. The van der Waals surface area contributed by atoms with E-state index in [0.29, 0.717) is 22.2 Å². The Kier molecular flexibility index (Phi) is 7.64. The van der Waals surface area contributed by atoms with Crippen LogP contribution < -0.4 is 10.9 Å². The molecule has 5 nitrogen and oxygen atoms in total. The van der Waals surface area contributed by atoms with Crippen molar-refractivity contribution in [3.63, 3.8) is 0 Å². The first kappa shape index (κ1) is 27.4. The van der Waals surface area contributed by atoms with Gasteiger partial charge in [0.05, 0.1) is 32.9 Å². The molecule has 0 aliphatic rings. The number of alkyl halides is 3. The van der Waals surface area contributed by atoms with Crippen molar-refractivity contribution in [3.05, 3.63) is 129 Å². The van der Waals surface area contributed by atoms with Gasteiger partial charge in [-0.1, -0.05) is 65.8 Å². The van der Waals surface area contributed by atoms with Gasteiger partial charge in [-0.3, -0.25) is 14.2 Å². The highest BCUT2D eigenvalue weighted by Crippen LogP contribution is 2.38. The zero-order valence-electron chi connectivity index (χ0n) is 20.3. The van der Waals surface area contributed by atoms with Gasteiger partial charge in [0.15, 0.2) is 5.16 Å². The van der Waals surface area contributed by atoms with E-state index in [1.807, 2.05) is 0 Å². The Bertz CT molecular complexity index is 1760. The molecule has 0 aliphatic heterocycles. The van der Waals surface area contributed by atoms with Gasteiger partial charge in [0.25, 0.3) is 5.56 Å². The van der Waals surface area contributed by atoms with Gasteiger partial charge in [-0.2, -0.15) is 13.2 Å². The quantitative estimate of drug-likeness (QED) is 0.127. The number of aromatic nitrogens is 2. The van der Waals surface area contributed by atoms with Gasteiger partial charge < -0.3 is 5.32 Å². The van der Waals surface area contributed by atoms with Crippen LogP contribution in [0.4, 0.5) is 23.2 Å². The minimum Gasteiger partial charge on any atom is -0.323 e. The maximum atomic E-state index is 13.7. The fraction of sp³-hybridized carbons (Fsp3) is 0.0690. The van der Waals surface area contributed by atoms with E-state index in [1.54, 1.807) is 54.6 Å². The number of nitrogens with one attached hydrogen (secondary N) is 1. The van der Waals surface area contributed by atoms with Crippen LogP contribution in [0.3, 0.4) is 0 Å². The predicted octanol–water partition coefficient (Wildman–Crippen LogP) is 7.67. The standard InChI is InChI=1S/C29H18ClF4N3O2S/c30-22-15-10-18(29(32,33)34)16-24(22)35-26(38)25(17-6-2-1-3-7-17)40-28-36-23-9-5-4-8-21(23)27(39)37(28)20-13-11-19(31)12-14-20/h1-16,25H,(H,35,38). The molecule has 4 aromatic carbocycles. The summed E-state index contributed by atoms with van der Waals surface area (Å²) in [5.41, 5.74) is -0.432. The smallest absolute Gasteiger partial charge is 0.323 e. The van der Waals surface area contributed by atoms with E-state index in [-0.39, 0.29) is 15.9 Å². The van der Waals surface area contributed by atoms with Crippen LogP contribution in [0, 0.1) is 5.82 Å². The number of fused-ring (bicyclic) bond motifs is 1. The summed E-state index contributed by atoms with van der Waals surface area (Å²) in [5, 5.41) is 1.79. The monoisotopic (exact) mass is 583 g/mol. The van der Waals surface area contributed by atoms with E-state index < -0.39 is 34.3 Å². The zero-order valence-corrected chi connectivity index (χ0v) is 21.9. The number of carbonyl (C=O) groups is 1. The average molecular weight is 584 g/mol. The van der Waals surface area contributed by atoms with Crippen LogP contribution in [0.1, 0.15) is 16.4 Å². The first-order chi connectivity index (χ1) is 19.1. The second-order valence-corrected chi connectivity index (χ2v) is 10.1. The van der Waals surface area contributed by atoms with E-state index in [0.717, 1.165) is 30.0 Å². The molecule has 1 heterocycles. The Labute approximate surface area is 234 Å². The van der Waals surface area contributed by atoms with Crippen molar-refractivity contribution in [1.29, 1.82) is 0 Å². The van der Waals surface area contributed by atoms with E-state index in [4.69, 9.17) is 11.6 Å². The lowest BCUT2D eigenvalue weighted by Gasteiger charge is -2.20. The number of anilines is 1. The van der Waals surface area contributed by atoms with Crippen LogP contribution >= 0.6 is 23.4 Å². The first-order valence-corrected chi connectivity index (χ1v) is 13.0. The lowest BCUT2D eigenvalue weighted by atomic mass is 10.1. The number of thioether (sulfide) groups is 1. The van der Waals surface area contributed by atoms with Crippen LogP contribution in [-0.2, 0) is 11.0 Å². The van der Waals surface area contributed by atoms with Crippen molar-refractivity contribution < 1.29 is 22.4 Å². The topological polar surface area (TPSA) is 64.0 Å². The average Bonchev–Trinajstić information content (AvgIpc) is 2.93. The molecule has 5 rings (SSSR count). The Balaban J connectivity index is 1.62. The summed E-state index contributed by atoms with van der Waals surface area (Å²) >= 11 is 7.05. The van der Waals surface area contributed by atoms with E-state index in [1.165, 1.54) is 28.8 Å². The number of nitrogens with zero attached hydrogens (tertiary/aromatic N) is 2. The number of amides is 1. The fourth-order valence-electron chi connectivity index (χ4n) is 4.01. The number of carbonyl (C=O) groups excluding carboxylic acids is 1. The molecule has 0 radical (unpaired) electrons. The molecule has 5 aromatic rings. The van der Waals surface area contributed by atoms with Crippen LogP contribution in [0.25, 0.3) is 16.6 Å². The largest absolute Gasteiger partial charge is 0.416 e. The third-order valence-electron chi connectivity index (χ3n) is 5.95. The van der Waals surface area contributed by atoms with Crippen LogP contribution in [-0.4, -0.2) is 15.5 Å². The highest BCUT2D eigenvalue weighted by molar-refractivity contribution is 8.00. The number of halogens is 5. The SMILES string of the molecule is O=C(Nc1cc(C(F)(F)F)ccc1Cl)C(Sc1nc2ccccc2c(=O)n1-c1ccc(F)cc1)c1ccccc1. The molecule has 1 N–H and O–H groups in total. The molecule has 0 saturated heterocycles. The second-order valence-electron chi connectivity index (χ2n) is 8.62. The molecule has 1 aromatic heterocycles. The Morgan fingerprint density at radius 1 is 0.925 bits per heavy atom. The van der Waals surface area contributed by atoms with Gasteiger partial charge in [0.2, 0.25) is 5.91 Å². The minimum absolute atomic E-state index is 0.0785. The second kappa shape index (κ2) is 11.1. The van der Waals surface area contributed by atoms with Crippen molar-refractivity contribution in [1.82, 2.24) is 9.55 Å². The zero-order chi connectivity index (χ0) is 28.4. The number of hydrogen-bond donors (Lipinski definition) is 1. The van der Waals surface area contributed by atoms with Gasteiger partial charge in [-0.25, -0.2) is 9.37 Å². The summed E-state index contributed by atoms with van der Waals surface area (Å²) in [6, 6.07) is 23.0. The van der Waals surface area contributed by atoms with Crippen molar-refractivity contribution in [2.75, 3.05) is 5.32 Å². The molecular formula is C29H18ClF4N3O2S. The Morgan fingerprint density at radius 3 is 2.30 bits per heavy atom. The van der Waals surface area contributed by atoms with E-state index >= 15 is 0 Å². The molecule has 202 valence electrons. The fourth-order valence-corrected chi connectivity index (χ4v) is 5.29. The molecule has 0 spiro atoms. The third kappa shape index (κ3) is 5.73. The molecule has 40 heavy (non-hydrogen) atoms. The molecule has 1 amide bonds. The number of benzene rings is 4. The number of rotatable bonds is 6. The van der Waals surface area contributed by atoms with Gasteiger partial charge in [-0.05, 0) is 60.2 Å². The number of hydrogen-bond acceptors (Lipinski definition) is 4. The Morgan fingerprint density at radius 2 is 1.60 bits per heavy atom. The van der Waals surface area contributed by atoms with Crippen LogP contribution in [0.5, 0.6) is 0 Å². The highest BCUT2D eigenvalue weighted by atomic mass is 35.5.